The van der Waals surface area contributed by atoms with Gasteiger partial charge in [-0.1, -0.05) is 26.0 Å². The molecule has 212 valence electrons. The van der Waals surface area contributed by atoms with E-state index in [9.17, 15) is 14.3 Å². The molecule has 3 aliphatic heterocycles. The van der Waals surface area contributed by atoms with Crippen molar-refractivity contribution in [3.8, 4) is 0 Å². The van der Waals surface area contributed by atoms with Crippen LogP contribution in [0.4, 0.5) is 10.2 Å². The third-order valence-corrected chi connectivity index (χ3v) is 8.25. The zero-order valence-corrected chi connectivity index (χ0v) is 23.3. The van der Waals surface area contributed by atoms with E-state index in [0.717, 1.165) is 68.6 Å². The number of rotatable bonds is 11. The van der Waals surface area contributed by atoms with Crippen molar-refractivity contribution in [1.29, 1.82) is 0 Å². The summed E-state index contributed by atoms with van der Waals surface area (Å²) in [6, 6.07) is 7.97. The first-order valence-electron chi connectivity index (χ1n) is 14.5. The van der Waals surface area contributed by atoms with Crippen LogP contribution in [0.15, 0.2) is 30.3 Å². The molecule has 0 amide bonds. The number of ether oxygens (including phenoxy) is 2. The monoisotopic (exact) mass is 539 g/mol. The number of carboxylic acid groups (broad SMARTS) is 1. The summed E-state index contributed by atoms with van der Waals surface area (Å²) in [7, 11) is 0. The van der Waals surface area contributed by atoms with Gasteiger partial charge in [0.1, 0.15) is 17.7 Å². The van der Waals surface area contributed by atoms with Crippen LogP contribution < -0.4 is 5.32 Å². The van der Waals surface area contributed by atoms with Crippen LogP contribution in [0, 0.1) is 11.2 Å². The van der Waals surface area contributed by atoms with E-state index in [1.165, 1.54) is 17.7 Å². The first kappa shape index (κ1) is 28.0. The van der Waals surface area contributed by atoms with Gasteiger partial charge in [0.05, 0.1) is 18.8 Å². The molecule has 1 aromatic carbocycles. The van der Waals surface area contributed by atoms with E-state index in [0.29, 0.717) is 38.3 Å². The largest absolute Gasteiger partial charge is 0.480 e. The number of carboxylic acids is 1. The molecule has 5 rings (SSSR count). The second kappa shape index (κ2) is 12.3. The number of likely N-dealkylation sites (tertiary alicyclic amines) is 1. The van der Waals surface area contributed by atoms with Crippen molar-refractivity contribution in [1.82, 2.24) is 9.88 Å². The van der Waals surface area contributed by atoms with Gasteiger partial charge in [-0.25, -0.2) is 9.37 Å². The first-order chi connectivity index (χ1) is 18.8. The maximum atomic E-state index is 14.3. The number of unbranched alkanes of at least 4 members (excludes halogenated alkanes) is 1. The van der Waals surface area contributed by atoms with Crippen LogP contribution in [0.1, 0.15) is 74.4 Å². The van der Waals surface area contributed by atoms with E-state index in [4.69, 9.17) is 14.5 Å². The lowest BCUT2D eigenvalue weighted by molar-refractivity contribution is -0.143. The van der Waals surface area contributed by atoms with E-state index in [1.54, 1.807) is 6.07 Å². The van der Waals surface area contributed by atoms with Crippen molar-refractivity contribution < 1.29 is 23.8 Å². The Morgan fingerprint density at radius 2 is 2.18 bits per heavy atom. The average molecular weight is 540 g/mol. The number of aryl methyl sites for hydroxylation is 2. The molecule has 4 heterocycles. The molecule has 2 fully saturated rings. The van der Waals surface area contributed by atoms with Gasteiger partial charge in [0, 0.05) is 31.9 Å². The third kappa shape index (κ3) is 7.16. The van der Waals surface area contributed by atoms with Gasteiger partial charge < -0.3 is 19.9 Å². The molecule has 7 nitrogen and oxygen atoms in total. The summed E-state index contributed by atoms with van der Waals surface area (Å²) >= 11 is 0. The quantitative estimate of drug-likeness (QED) is 0.381. The summed E-state index contributed by atoms with van der Waals surface area (Å²) in [5.74, 6) is -0.332. The highest BCUT2D eigenvalue weighted by molar-refractivity contribution is 5.76. The molecule has 2 aromatic rings. The Labute approximate surface area is 231 Å². The number of nitrogens with one attached hydrogen (secondary N) is 1. The Morgan fingerprint density at radius 3 is 2.97 bits per heavy atom. The second-order valence-electron chi connectivity index (χ2n) is 12.2. The highest BCUT2D eigenvalue weighted by Gasteiger charge is 2.37. The Kier molecular flexibility index (Phi) is 8.84. The Bertz CT molecular complexity index is 1160. The molecule has 2 saturated heterocycles. The van der Waals surface area contributed by atoms with Crippen LogP contribution in [-0.4, -0.2) is 66.0 Å². The van der Waals surface area contributed by atoms with Crippen molar-refractivity contribution in [3.63, 3.8) is 0 Å². The minimum atomic E-state index is -0.956. The van der Waals surface area contributed by atoms with E-state index < -0.39 is 17.8 Å². The average Bonchev–Trinajstić information content (AvgIpc) is 3.50. The molecule has 3 aliphatic rings. The van der Waals surface area contributed by atoms with Crippen LogP contribution in [0.25, 0.3) is 0 Å². The van der Waals surface area contributed by atoms with Crippen molar-refractivity contribution in [2.75, 3.05) is 38.2 Å². The van der Waals surface area contributed by atoms with E-state index in [2.05, 4.69) is 31.3 Å². The number of nitrogens with zero attached hydrogens (tertiary/aromatic N) is 2. The molecular weight excluding hydrogens is 497 g/mol. The zero-order valence-electron chi connectivity index (χ0n) is 23.3. The Morgan fingerprint density at radius 1 is 1.31 bits per heavy atom. The van der Waals surface area contributed by atoms with Gasteiger partial charge >= 0.3 is 5.97 Å². The van der Waals surface area contributed by atoms with Crippen molar-refractivity contribution in [2.24, 2.45) is 5.41 Å². The standard InChI is InChI=1S/C31H42FN3O4/c1-31(2)18-26(39-20-31)16-22-8-10-23(32)17-27(22)28(30(36)37)35-14-12-25(19-35)38-15-4-3-7-24-11-9-21-6-5-13-33-29(21)34-24/h8-11,17,25-26,28H,3-7,12-16,18-20H2,1-2H3,(H,33,34)(H,36,37)/t25-,26?,28+/m1/s1. The Balaban J connectivity index is 1.13. The molecule has 2 N–H and O–H groups in total. The maximum Gasteiger partial charge on any atom is 0.325 e. The molecule has 0 spiro atoms. The lowest BCUT2D eigenvalue weighted by atomic mass is 9.87. The van der Waals surface area contributed by atoms with E-state index in [-0.39, 0.29) is 17.6 Å². The van der Waals surface area contributed by atoms with Gasteiger partial charge in [-0.15, -0.1) is 0 Å². The first-order valence-corrected chi connectivity index (χ1v) is 14.5. The summed E-state index contributed by atoms with van der Waals surface area (Å²) in [5, 5.41) is 13.6. The number of aliphatic carboxylic acids is 1. The molecule has 39 heavy (non-hydrogen) atoms. The second-order valence-corrected chi connectivity index (χ2v) is 12.2. The molecule has 8 heteroatoms. The molecule has 0 bridgehead atoms. The lowest BCUT2D eigenvalue weighted by Crippen LogP contribution is -2.34. The van der Waals surface area contributed by atoms with Gasteiger partial charge in [-0.3, -0.25) is 9.69 Å². The maximum absolute atomic E-state index is 14.3. The van der Waals surface area contributed by atoms with Crippen molar-refractivity contribution >= 4 is 11.8 Å². The van der Waals surface area contributed by atoms with Gasteiger partial charge in [-0.2, -0.15) is 0 Å². The molecule has 0 radical (unpaired) electrons. The minimum Gasteiger partial charge on any atom is -0.480 e. The van der Waals surface area contributed by atoms with Gasteiger partial charge in [0.15, 0.2) is 0 Å². The summed E-state index contributed by atoms with van der Waals surface area (Å²) in [5.41, 5.74) is 3.90. The fourth-order valence-corrected chi connectivity index (χ4v) is 6.24. The summed E-state index contributed by atoms with van der Waals surface area (Å²) in [6.07, 6.45) is 7.35. The minimum absolute atomic E-state index is 0.0149. The predicted octanol–water partition coefficient (Wildman–Crippen LogP) is 5.18. The van der Waals surface area contributed by atoms with Crippen LogP contribution in [0.5, 0.6) is 0 Å². The number of benzene rings is 1. The third-order valence-electron chi connectivity index (χ3n) is 8.25. The number of hydrogen-bond donors (Lipinski definition) is 2. The van der Waals surface area contributed by atoms with Gasteiger partial charge in [0.2, 0.25) is 0 Å². The van der Waals surface area contributed by atoms with Crippen molar-refractivity contribution in [3.05, 3.63) is 58.5 Å². The van der Waals surface area contributed by atoms with E-state index in [1.807, 2.05) is 4.90 Å². The van der Waals surface area contributed by atoms with Crippen LogP contribution >= 0.6 is 0 Å². The molecular formula is C31H42FN3O4. The molecule has 1 aromatic heterocycles. The number of anilines is 1. The number of carbonyl (C=O) groups is 1. The highest BCUT2D eigenvalue weighted by atomic mass is 19.1. The zero-order chi connectivity index (χ0) is 27.4. The van der Waals surface area contributed by atoms with Gasteiger partial charge in [-0.05, 0) is 91.7 Å². The number of hydrogen-bond acceptors (Lipinski definition) is 6. The number of aromatic nitrogens is 1. The molecule has 1 unspecified atom stereocenters. The van der Waals surface area contributed by atoms with Crippen LogP contribution in [0.2, 0.25) is 0 Å². The van der Waals surface area contributed by atoms with Crippen molar-refractivity contribution in [2.45, 2.75) is 83.5 Å². The van der Waals surface area contributed by atoms with Crippen LogP contribution in [-0.2, 0) is 33.5 Å². The number of pyridine rings is 1. The fraction of sp³-hybridized carbons (Fsp3) is 0.613. The lowest BCUT2D eigenvalue weighted by Gasteiger charge is -2.27. The highest BCUT2D eigenvalue weighted by Crippen LogP contribution is 2.36. The Hall–Kier alpha value is -2.55. The SMILES string of the molecule is CC1(C)COC(Cc2ccc(F)cc2[C@@H](C(=O)O)N2CC[C@@H](OCCCCc3ccc4c(n3)NCCC4)C2)C1. The normalized spacial score (nSPS) is 23.4. The molecule has 0 saturated carbocycles. The van der Waals surface area contributed by atoms with Gasteiger partial charge in [0.25, 0.3) is 0 Å². The predicted molar refractivity (Wildman–Crippen MR) is 149 cm³/mol. The molecule has 0 aliphatic carbocycles. The number of fused-ring (bicyclic) bond motifs is 1. The smallest absolute Gasteiger partial charge is 0.325 e. The summed E-state index contributed by atoms with van der Waals surface area (Å²) in [6.45, 7) is 7.79. The van der Waals surface area contributed by atoms with Crippen LogP contribution in [0.3, 0.4) is 0 Å². The fourth-order valence-electron chi connectivity index (χ4n) is 6.24. The topological polar surface area (TPSA) is 83.9 Å². The number of halogens is 1. The van der Waals surface area contributed by atoms with E-state index >= 15 is 0 Å². The summed E-state index contributed by atoms with van der Waals surface area (Å²) in [4.78, 5) is 19.2. The summed E-state index contributed by atoms with van der Waals surface area (Å²) < 4.78 is 26.5. The molecule has 3 atom stereocenters.